The first-order chi connectivity index (χ1) is 15.4. The van der Waals surface area contributed by atoms with E-state index in [4.69, 9.17) is 4.74 Å². The number of anilines is 1. The molecule has 2 aromatic carbocycles. The molecule has 33 heavy (non-hydrogen) atoms. The van der Waals surface area contributed by atoms with Gasteiger partial charge in [-0.3, -0.25) is 29.7 Å². The normalized spacial score (nSPS) is 12.1. The second-order valence-electron chi connectivity index (χ2n) is 6.70. The van der Waals surface area contributed by atoms with E-state index >= 15 is 0 Å². The number of alkyl halides is 3. The molecule has 0 spiro atoms. The van der Waals surface area contributed by atoms with Gasteiger partial charge >= 0.3 is 11.9 Å². The summed E-state index contributed by atoms with van der Waals surface area (Å²) < 4.78 is 45.1. The van der Waals surface area contributed by atoms with Crippen LogP contribution in [0.3, 0.4) is 0 Å². The predicted molar refractivity (Wildman–Crippen MR) is 107 cm³/mol. The van der Waals surface area contributed by atoms with E-state index in [1.54, 1.807) is 0 Å². The number of carbonyl (C=O) groups excluding carboxylic acids is 1. The summed E-state index contributed by atoms with van der Waals surface area (Å²) >= 11 is 0. The maximum atomic E-state index is 12.9. The summed E-state index contributed by atoms with van der Waals surface area (Å²) in [6, 6.07) is 6.08. The van der Waals surface area contributed by atoms with Crippen LogP contribution in [0.25, 0.3) is 0 Å². The zero-order valence-corrected chi connectivity index (χ0v) is 16.6. The van der Waals surface area contributed by atoms with Crippen LogP contribution < -0.4 is 10.1 Å². The van der Waals surface area contributed by atoms with E-state index in [1.165, 1.54) is 19.1 Å². The molecule has 1 atom stereocenters. The highest BCUT2D eigenvalue weighted by atomic mass is 19.4. The second-order valence-corrected chi connectivity index (χ2v) is 6.70. The molecule has 1 unspecified atom stereocenters. The van der Waals surface area contributed by atoms with Crippen LogP contribution in [0.15, 0.2) is 54.9 Å². The molecule has 0 bridgehead atoms. The molecule has 1 N–H and O–H groups in total. The van der Waals surface area contributed by atoms with Crippen molar-refractivity contribution in [3.05, 3.63) is 80.7 Å². The lowest BCUT2D eigenvalue weighted by Gasteiger charge is -2.14. The zero-order valence-electron chi connectivity index (χ0n) is 16.6. The van der Waals surface area contributed by atoms with Crippen LogP contribution in [0.2, 0.25) is 0 Å². The van der Waals surface area contributed by atoms with E-state index in [9.17, 15) is 38.2 Å². The number of benzene rings is 2. The molecule has 3 rings (SSSR count). The fourth-order valence-corrected chi connectivity index (χ4v) is 2.69. The fourth-order valence-electron chi connectivity index (χ4n) is 2.69. The van der Waals surface area contributed by atoms with Crippen LogP contribution >= 0.6 is 0 Å². The highest BCUT2D eigenvalue weighted by Crippen LogP contribution is 2.34. The van der Waals surface area contributed by atoms with E-state index in [2.05, 4.69) is 10.4 Å². The lowest BCUT2D eigenvalue weighted by atomic mass is 10.2. The van der Waals surface area contributed by atoms with Gasteiger partial charge in [0.2, 0.25) is 5.91 Å². The number of ether oxygens (including phenoxy) is 1. The lowest BCUT2D eigenvalue weighted by Crippen LogP contribution is -2.24. The molecule has 0 aliphatic carbocycles. The molecule has 1 amide bonds. The summed E-state index contributed by atoms with van der Waals surface area (Å²) in [4.78, 5) is 33.1. The first kappa shape index (κ1) is 23.2. The Balaban J connectivity index is 1.85. The number of nitro benzene ring substituents is 1. The molecule has 0 aliphatic heterocycles. The zero-order chi connectivity index (χ0) is 24.3. The molecular formula is C19H14F3N5O6. The van der Waals surface area contributed by atoms with Crippen molar-refractivity contribution >= 4 is 23.0 Å². The molecule has 1 heterocycles. The summed E-state index contributed by atoms with van der Waals surface area (Å²) in [7, 11) is 0. The number of nitrogens with one attached hydrogen (secondary N) is 1. The van der Waals surface area contributed by atoms with Gasteiger partial charge in [0.25, 0.3) is 5.69 Å². The molecule has 0 aliphatic rings. The number of carbonyl (C=O) groups is 1. The van der Waals surface area contributed by atoms with Gasteiger partial charge in [-0.2, -0.15) is 18.3 Å². The van der Waals surface area contributed by atoms with Gasteiger partial charge in [0.05, 0.1) is 27.2 Å². The van der Waals surface area contributed by atoms with Gasteiger partial charge in [-0.1, -0.05) is 6.07 Å². The highest BCUT2D eigenvalue weighted by molar-refractivity contribution is 5.94. The molecule has 11 nitrogen and oxygen atoms in total. The summed E-state index contributed by atoms with van der Waals surface area (Å²) in [5.41, 5.74) is -1.87. The Morgan fingerprint density at radius 2 is 1.79 bits per heavy atom. The van der Waals surface area contributed by atoms with Crippen LogP contribution in [0.1, 0.15) is 18.5 Å². The average molecular weight is 465 g/mol. The van der Waals surface area contributed by atoms with Crippen molar-refractivity contribution in [2.24, 2.45) is 0 Å². The van der Waals surface area contributed by atoms with Crippen LogP contribution in [0.4, 0.5) is 30.2 Å². The second kappa shape index (κ2) is 8.94. The number of rotatable bonds is 7. The van der Waals surface area contributed by atoms with Gasteiger partial charge in [0.15, 0.2) is 0 Å². The number of nitro groups is 2. The summed E-state index contributed by atoms with van der Waals surface area (Å²) in [5, 5.41) is 28.2. The highest BCUT2D eigenvalue weighted by Gasteiger charge is 2.30. The van der Waals surface area contributed by atoms with Gasteiger partial charge in [-0.25, -0.2) is 0 Å². The van der Waals surface area contributed by atoms with Gasteiger partial charge in [0, 0.05) is 12.1 Å². The van der Waals surface area contributed by atoms with Crippen LogP contribution in [0.5, 0.6) is 11.5 Å². The number of nitrogens with zero attached hydrogens (tertiary/aromatic N) is 4. The van der Waals surface area contributed by atoms with E-state index in [-0.39, 0.29) is 22.9 Å². The topological polar surface area (TPSA) is 142 Å². The Bertz CT molecular complexity index is 1230. The van der Waals surface area contributed by atoms with Crippen molar-refractivity contribution in [2.45, 2.75) is 19.1 Å². The number of halogens is 3. The molecule has 172 valence electrons. The first-order valence-corrected chi connectivity index (χ1v) is 9.08. The van der Waals surface area contributed by atoms with Crippen LogP contribution in [0, 0.1) is 20.2 Å². The summed E-state index contributed by atoms with van der Waals surface area (Å²) in [5.74, 6) is -1.13. The van der Waals surface area contributed by atoms with Crippen molar-refractivity contribution in [1.29, 1.82) is 0 Å². The number of non-ortho nitro benzene ring substituents is 1. The minimum Gasteiger partial charge on any atom is -0.457 e. The molecular weight excluding hydrogens is 451 g/mol. The predicted octanol–water partition coefficient (Wildman–Crippen LogP) is 4.71. The third kappa shape index (κ3) is 5.61. The maximum absolute atomic E-state index is 12.9. The van der Waals surface area contributed by atoms with E-state index < -0.39 is 39.2 Å². The SMILES string of the molecule is CC(C(=O)Nc1cc(Oc2cccc(C(F)(F)F)c2)cc([N+](=O)[O-])c1)n1cc([N+](=O)[O-])cn1. The van der Waals surface area contributed by atoms with E-state index in [1.807, 2.05) is 0 Å². The Morgan fingerprint density at radius 1 is 1.09 bits per heavy atom. The third-order valence-corrected chi connectivity index (χ3v) is 4.34. The lowest BCUT2D eigenvalue weighted by molar-refractivity contribution is -0.385. The van der Waals surface area contributed by atoms with Crippen LogP contribution in [-0.2, 0) is 11.0 Å². The number of hydrogen-bond donors (Lipinski definition) is 1. The number of amides is 1. The van der Waals surface area contributed by atoms with Gasteiger partial charge in [0.1, 0.15) is 29.9 Å². The molecule has 0 saturated heterocycles. The number of hydrogen-bond acceptors (Lipinski definition) is 7. The van der Waals surface area contributed by atoms with Gasteiger partial charge in [-0.05, 0) is 25.1 Å². The van der Waals surface area contributed by atoms with Crippen molar-refractivity contribution in [3.63, 3.8) is 0 Å². The smallest absolute Gasteiger partial charge is 0.416 e. The molecule has 0 radical (unpaired) electrons. The fraction of sp³-hybridized carbons (Fsp3) is 0.158. The summed E-state index contributed by atoms with van der Waals surface area (Å²) in [6.07, 6.45) is -2.61. The molecule has 1 aromatic heterocycles. The third-order valence-electron chi connectivity index (χ3n) is 4.34. The Labute approximate surface area is 182 Å². The van der Waals surface area contributed by atoms with E-state index in [0.29, 0.717) is 0 Å². The number of aromatic nitrogens is 2. The maximum Gasteiger partial charge on any atom is 0.416 e. The summed E-state index contributed by atoms with van der Waals surface area (Å²) in [6.45, 7) is 1.39. The molecule has 0 fully saturated rings. The van der Waals surface area contributed by atoms with Gasteiger partial charge in [-0.15, -0.1) is 0 Å². The average Bonchev–Trinajstić information content (AvgIpc) is 3.23. The Hall–Kier alpha value is -4.49. The van der Waals surface area contributed by atoms with E-state index in [0.717, 1.165) is 47.4 Å². The molecule has 3 aromatic rings. The van der Waals surface area contributed by atoms with Crippen molar-refractivity contribution in [3.8, 4) is 11.5 Å². The quantitative estimate of drug-likeness (QED) is 0.393. The standard InChI is InChI=1S/C19H14F3N5O6/c1-11(25-10-15(9-23-25)27(31)32)18(28)24-13-6-14(26(29)30)8-17(7-13)33-16-4-2-3-12(5-16)19(20,21)22/h2-11H,1H3,(H,24,28). The minimum atomic E-state index is -4.61. The van der Waals surface area contributed by atoms with Crippen LogP contribution in [-0.4, -0.2) is 25.5 Å². The monoisotopic (exact) mass is 465 g/mol. The Morgan fingerprint density at radius 3 is 2.39 bits per heavy atom. The van der Waals surface area contributed by atoms with Crippen molar-refractivity contribution in [2.75, 3.05) is 5.32 Å². The molecule has 0 saturated carbocycles. The Kier molecular flexibility index (Phi) is 6.28. The largest absolute Gasteiger partial charge is 0.457 e. The van der Waals surface area contributed by atoms with Gasteiger partial charge < -0.3 is 10.1 Å². The van der Waals surface area contributed by atoms with Crippen molar-refractivity contribution < 1.29 is 32.5 Å². The molecule has 14 heteroatoms. The van der Waals surface area contributed by atoms with Crippen molar-refractivity contribution in [1.82, 2.24) is 9.78 Å². The first-order valence-electron chi connectivity index (χ1n) is 9.08. The minimum absolute atomic E-state index is 0.0790.